The van der Waals surface area contributed by atoms with E-state index in [0.717, 1.165) is 45.3 Å². The van der Waals surface area contributed by atoms with E-state index in [1.54, 1.807) is 36.4 Å². The summed E-state index contributed by atoms with van der Waals surface area (Å²) in [6.45, 7) is 0.0852. The molecule has 1 N–H and O–H groups in total. The number of nitrogens with zero attached hydrogens (tertiary/aromatic N) is 1. The van der Waals surface area contributed by atoms with Crippen molar-refractivity contribution in [3.05, 3.63) is 106 Å². The van der Waals surface area contributed by atoms with Crippen molar-refractivity contribution < 1.29 is 24.2 Å². The van der Waals surface area contributed by atoms with Crippen LogP contribution >= 0.6 is 0 Å². The van der Waals surface area contributed by atoms with Crippen molar-refractivity contribution in [1.82, 2.24) is 4.98 Å². The lowest BCUT2D eigenvalue weighted by Gasteiger charge is -2.12. The number of carbonyl (C=O) groups is 2. The van der Waals surface area contributed by atoms with Crippen LogP contribution in [0.15, 0.2) is 72.8 Å². The molecule has 0 bridgehead atoms. The highest BCUT2D eigenvalue weighted by Crippen LogP contribution is 2.38. The summed E-state index contributed by atoms with van der Waals surface area (Å²) in [7, 11) is 1.33. The fraction of sp³-hybridized carbons (Fsp3) is 0.138. The van der Waals surface area contributed by atoms with Gasteiger partial charge >= 0.3 is 11.9 Å². The summed E-state index contributed by atoms with van der Waals surface area (Å²) in [5.74, 6) is -0.598. The Morgan fingerprint density at radius 1 is 0.943 bits per heavy atom. The van der Waals surface area contributed by atoms with Crippen molar-refractivity contribution in [2.24, 2.45) is 0 Å². The quantitative estimate of drug-likeness (QED) is 0.388. The molecule has 0 fully saturated rings. The maximum Gasteiger partial charge on any atom is 0.339 e. The normalized spacial score (nSPS) is 13.6. The molecule has 1 aromatic heterocycles. The number of rotatable bonds is 5. The third kappa shape index (κ3) is 4.51. The van der Waals surface area contributed by atoms with Crippen LogP contribution in [0.1, 0.15) is 49.5 Å². The molecule has 4 aromatic rings. The standard InChI is InChI=1S/C29H23NO5/c1-34-28(32)20-10-6-19(7-11-20)17-35-29(33)26-23-4-2-3-5-25(23)30-27-21(12-15-24(26)27)16-18-8-13-22(31)14-9-18/h2-11,13-14,16,31H,12,15,17H2,1H3. The lowest BCUT2D eigenvalue weighted by Crippen LogP contribution is -2.10. The number of hydrogen-bond acceptors (Lipinski definition) is 6. The molecule has 0 atom stereocenters. The number of hydrogen-bond donors (Lipinski definition) is 1. The number of phenolic OH excluding ortho intramolecular Hbond substituents is 1. The summed E-state index contributed by atoms with van der Waals surface area (Å²) < 4.78 is 10.4. The number of benzene rings is 3. The Hall–Kier alpha value is -4.45. The predicted octanol–water partition coefficient (Wildman–Crippen LogP) is 5.57. The van der Waals surface area contributed by atoms with E-state index < -0.39 is 11.9 Å². The van der Waals surface area contributed by atoms with E-state index in [1.807, 2.05) is 42.5 Å². The first-order valence-electron chi connectivity index (χ1n) is 11.3. The van der Waals surface area contributed by atoms with Crippen LogP contribution in [0.2, 0.25) is 0 Å². The highest BCUT2D eigenvalue weighted by molar-refractivity contribution is 6.07. The highest BCUT2D eigenvalue weighted by atomic mass is 16.5. The van der Waals surface area contributed by atoms with E-state index >= 15 is 0 Å². The smallest absolute Gasteiger partial charge is 0.339 e. The Balaban J connectivity index is 1.46. The van der Waals surface area contributed by atoms with Crippen LogP contribution in [0.3, 0.4) is 0 Å². The molecule has 1 heterocycles. The second kappa shape index (κ2) is 9.43. The van der Waals surface area contributed by atoms with Gasteiger partial charge in [0.2, 0.25) is 0 Å². The van der Waals surface area contributed by atoms with E-state index in [-0.39, 0.29) is 12.4 Å². The second-order valence-corrected chi connectivity index (χ2v) is 8.36. The Bertz CT molecular complexity index is 1450. The zero-order valence-electron chi connectivity index (χ0n) is 19.2. The van der Waals surface area contributed by atoms with E-state index in [4.69, 9.17) is 14.5 Å². The van der Waals surface area contributed by atoms with Crippen LogP contribution < -0.4 is 0 Å². The van der Waals surface area contributed by atoms with Gasteiger partial charge in [0.1, 0.15) is 12.4 Å². The van der Waals surface area contributed by atoms with Crippen LogP contribution in [0.5, 0.6) is 5.75 Å². The molecule has 0 saturated carbocycles. The molecular formula is C29H23NO5. The topological polar surface area (TPSA) is 85.7 Å². The van der Waals surface area contributed by atoms with E-state index in [2.05, 4.69) is 0 Å². The van der Waals surface area contributed by atoms with Gasteiger partial charge in [-0.2, -0.15) is 0 Å². The first kappa shape index (κ1) is 22.3. The van der Waals surface area contributed by atoms with Gasteiger partial charge in [0.05, 0.1) is 29.4 Å². The summed E-state index contributed by atoms with van der Waals surface area (Å²) in [4.78, 5) is 29.9. The zero-order chi connectivity index (χ0) is 24.4. The Labute approximate surface area is 202 Å². The summed E-state index contributed by atoms with van der Waals surface area (Å²) >= 11 is 0. The van der Waals surface area contributed by atoms with Crippen molar-refractivity contribution >= 4 is 34.5 Å². The number of fused-ring (bicyclic) bond motifs is 2. The molecule has 5 rings (SSSR count). The van der Waals surface area contributed by atoms with Crippen molar-refractivity contribution in [3.63, 3.8) is 0 Å². The summed E-state index contributed by atoms with van der Waals surface area (Å²) in [5, 5.41) is 10.3. The molecule has 1 aliphatic rings. The number of aromatic hydroxyl groups is 1. The number of para-hydroxylation sites is 1. The first-order valence-corrected chi connectivity index (χ1v) is 11.3. The number of carbonyl (C=O) groups excluding carboxylic acids is 2. The molecule has 6 nitrogen and oxygen atoms in total. The molecular weight excluding hydrogens is 442 g/mol. The Morgan fingerprint density at radius 2 is 1.69 bits per heavy atom. The predicted molar refractivity (Wildman–Crippen MR) is 133 cm³/mol. The molecule has 1 aliphatic carbocycles. The van der Waals surface area contributed by atoms with Gasteiger partial charge in [-0.15, -0.1) is 0 Å². The highest BCUT2D eigenvalue weighted by Gasteiger charge is 2.27. The van der Waals surface area contributed by atoms with E-state index in [1.165, 1.54) is 7.11 Å². The van der Waals surface area contributed by atoms with Gasteiger partial charge < -0.3 is 14.6 Å². The van der Waals surface area contributed by atoms with E-state index in [9.17, 15) is 14.7 Å². The summed E-state index contributed by atoms with van der Waals surface area (Å²) in [5.41, 5.74) is 6.20. The second-order valence-electron chi connectivity index (χ2n) is 8.36. The van der Waals surface area contributed by atoms with Gasteiger partial charge in [0, 0.05) is 5.39 Å². The minimum absolute atomic E-state index is 0.0852. The van der Waals surface area contributed by atoms with Gasteiger partial charge in [-0.3, -0.25) is 0 Å². The first-order chi connectivity index (χ1) is 17.0. The van der Waals surface area contributed by atoms with E-state index in [0.29, 0.717) is 17.5 Å². The molecule has 3 aromatic carbocycles. The monoisotopic (exact) mass is 465 g/mol. The largest absolute Gasteiger partial charge is 0.508 e. The minimum Gasteiger partial charge on any atom is -0.508 e. The average molecular weight is 466 g/mol. The summed E-state index contributed by atoms with van der Waals surface area (Å²) in [6.07, 6.45) is 3.50. The molecule has 0 radical (unpaired) electrons. The number of allylic oxidation sites excluding steroid dienone is 1. The van der Waals surface area contributed by atoms with Crippen LogP contribution in [-0.4, -0.2) is 29.1 Å². The van der Waals surface area contributed by atoms with Crippen molar-refractivity contribution in [2.45, 2.75) is 19.4 Å². The average Bonchev–Trinajstić information content (AvgIpc) is 3.28. The third-order valence-corrected chi connectivity index (χ3v) is 6.12. The number of methoxy groups -OCH3 is 1. The number of aromatic nitrogens is 1. The zero-order valence-corrected chi connectivity index (χ0v) is 19.2. The molecule has 174 valence electrons. The fourth-order valence-corrected chi connectivity index (χ4v) is 4.36. The molecule has 0 amide bonds. The number of pyridine rings is 1. The van der Waals surface area contributed by atoms with Gasteiger partial charge in [0.25, 0.3) is 0 Å². The van der Waals surface area contributed by atoms with Crippen molar-refractivity contribution in [3.8, 4) is 5.75 Å². The lowest BCUT2D eigenvalue weighted by molar-refractivity contribution is 0.0472. The summed E-state index contributed by atoms with van der Waals surface area (Å²) in [6, 6.07) is 21.4. The number of ether oxygens (including phenoxy) is 2. The molecule has 35 heavy (non-hydrogen) atoms. The van der Waals surface area contributed by atoms with Crippen LogP contribution in [0, 0.1) is 0 Å². The Morgan fingerprint density at radius 3 is 2.43 bits per heavy atom. The fourth-order valence-electron chi connectivity index (χ4n) is 4.36. The van der Waals surface area contributed by atoms with Crippen LogP contribution in [0.25, 0.3) is 22.6 Å². The van der Waals surface area contributed by atoms with Crippen molar-refractivity contribution in [2.75, 3.05) is 7.11 Å². The SMILES string of the molecule is COC(=O)c1ccc(COC(=O)c2c3c(nc4ccccc24)C(=Cc2ccc(O)cc2)CC3)cc1. The van der Waals surface area contributed by atoms with Gasteiger partial charge in [-0.1, -0.05) is 42.5 Å². The third-order valence-electron chi connectivity index (χ3n) is 6.12. The molecule has 0 aliphatic heterocycles. The maximum absolute atomic E-state index is 13.3. The van der Waals surface area contributed by atoms with Crippen LogP contribution in [-0.2, 0) is 22.5 Å². The van der Waals surface area contributed by atoms with Crippen LogP contribution in [0.4, 0.5) is 0 Å². The van der Waals surface area contributed by atoms with Gasteiger partial charge in [-0.25, -0.2) is 14.6 Å². The number of phenols is 1. The van der Waals surface area contributed by atoms with Gasteiger partial charge in [0.15, 0.2) is 0 Å². The van der Waals surface area contributed by atoms with Gasteiger partial charge in [-0.05, 0) is 71.5 Å². The van der Waals surface area contributed by atoms with Crippen molar-refractivity contribution in [1.29, 1.82) is 0 Å². The Kier molecular flexibility index (Phi) is 6.02. The maximum atomic E-state index is 13.3. The number of esters is 2. The lowest BCUT2D eigenvalue weighted by atomic mass is 10.0. The molecule has 0 spiro atoms. The molecule has 0 saturated heterocycles. The molecule has 0 unspecified atom stereocenters. The molecule has 6 heteroatoms. The minimum atomic E-state index is -0.413.